The third-order valence-corrected chi connectivity index (χ3v) is 5.77. The number of thioether (sulfide) groups is 1. The lowest BCUT2D eigenvalue weighted by Crippen LogP contribution is -2.45. The van der Waals surface area contributed by atoms with E-state index in [4.69, 9.17) is 12.2 Å². The Balaban J connectivity index is 1.77. The van der Waals surface area contributed by atoms with Crippen LogP contribution in [0.25, 0.3) is 6.08 Å². The van der Waals surface area contributed by atoms with Crippen LogP contribution in [0.5, 0.6) is 0 Å². The van der Waals surface area contributed by atoms with E-state index < -0.39 is 0 Å². The van der Waals surface area contributed by atoms with Crippen molar-refractivity contribution in [3.8, 4) is 0 Å². The van der Waals surface area contributed by atoms with Gasteiger partial charge in [-0.25, -0.2) is 0 Å². The van der Waals surface area contributed by atoms with Gasteiger partial charge in [0.1, 0.15) is 0 Å². The molecule has 3 rings (SSSR count). The lowest BCUT2D eigenvalue weighted by atomic mass is 9.87. The maximum absolute atomic E-state index is 12.7. The van der Waals surface area contributed by atoms with Crippen LogP contribution >= 0.6 is 24.0 Å². The Morgan fingerprint density at radius 1 is 1.11 bits per heavy atom. The minimum Gasteiger partial charge on any atom is -0.267 e. The highest BCUT2D eigenvalue weighted by Gasteiger charge is 2.34. The number of carbonyl (C=O) groups is 2. The molecule has 1 heterocycles. The number of carbonyl (C=O) groups excluding carboxylic acids is 2. The Morgan fingerprint density at radius 3 is 2.36 bits per heavy atom. The van der Waals surface area contributed by atoms with Gasteiger partial charge in [-0.05, 0) is 53.4 Å². The number of hydrogen-bond donors (Lipinski definition) is 1. The first kappa shape index (κ1) is 20.3. The van der Waals surface area contributed by atoms with Gasteiger partial charge in [0.25, 0.3) is 11.8 Å². The Bertz CT molecular complexity index is 973. The zero-order valence-corrected chi connectivity index (χ0v) is 17.9. The van der Waals surface area contributed by atoms with Crippen LogP contribution in [-0.4, -0.2) is 21.1 Å². The monoisotopic (exact) mass is 410 g/mol. The molecule has 0 aliphatic carbocycles. The van der Waals surface area contributed by atoms with Gasteiger partial charge in [0.15, 0.2) is 4.32 Å². The maximum atomic E-state index is 12.7. The molecule has 0 aromatic heterocycles. The van der Waals surface area contributed by atoms with Crippen molar-refractivity contribution in [3.05, 3.63) is 75.7 Å². The molecule has 6 heteroatoms. The molecule has 0 atom stereocenters. The number of benzene rings is 2. The summed E-state index contributed by atoms with van der Waals surface area (Å²) in [5.74, 6) is -0.679. The molecule has 1 aliphatic rings. The van der Waals surface area contributed by atoms with Crippen LogP contribution < -0.4 is 5.43 Å². The Morgan fingerprint density at radius 2 is 1.75 bits per heavy atom. The van der Waals surface area contributed by atoms with Gasteiger partial charge < -0.3 is 0 Å². The second kappa shape index (κ2) is 7.89. The summed E-state index contributed by atoms with van der Waals surface area (Å²) in [6.07, 6.45) is 1.80. The van der Waals surface area contributed by atoms with Crippen molar-refractivity contribution in [1.29, 1.82) is 0 Å². The molecule has 1 N–H and O–H groups in total. The third-order valence-electron chi connectivity index (χ3n) is 4.47. The number of nitrogens with one attached hydrogen (secondary N) is 1. The van der Waals surface area contributed by atoms with Crippen molar-refractivity contribution >= 4 is 46.2 Å². The van der Waals surface area contributed by atoms with Gasteiger partial charge in [0.05, 0.1) is 4.91 Å². The van der Waals surface area contributed by atoms with Gasteiger partial charge in [-0.15, -0.1) is 0 Å². The number of nitrogens with zero attached hydrogens (tertiary/aromatic N) is 1. The van der Waals surface area contributed by atoms with Gasteiger partial charge in [0, 0.05) is 5.56 Å². The molecular weight excluding hydrogens is 388 g/mol. The molecule has 0 unspecified atom stereocenters. The Kier molecular flexibility index (Phi) is 5.72. The average molecular weight is 411 g/mol. The number of hydrogen-bond acceptors (Lipinski definition) is 4. The zero-order valence-electron chi connectivity index (χ0n) is 16.3. The average Bonchev–Trinajstić information content (AvgIpc) is 2.89. The minimum atomic E-state index is -0.356. The fourth-order valence-electron chi connectivity index (χ4n) is 2.78. The molecule has 1 aliphatic heterocycles. The molecule has 2 aromatic carbocycles. The third kappa shape index (κ3) is 4.34. The van der Waals surface area contributed by atoms with Crippen LogP contribution in [0.2, 0.25) is 0 Å². The van der Waals surface area contributed by atoms with Crippen LogP contribution in [0.4, 0.5) is 0 Å². The van der Waals surface area contributed by atoms with E-state index in [1.54, 1.807) is 18.2 Å². The Labute approximate surface area is 175 Å². The summed E-state index contributed by atoms with van der Waals surface area (Å²) in [4.78, 5) is 25.7. The maximum Gasteiger partial charge on any atom is 0.285 e. The van der Waals surface area contributed by atoms with E-state index in [2.05, 4.69) is 38.3 Å². The molecule has 0 bridgehead atoms. The molecule has 28 heavy (non-hydrogen) atoms. The summed E-state index contributed by atoms with van der Waals surface area (Å²) in [6.45, 7) is 8.32. The molecule has 4 nitrogen and oxygen atoms in total. The molecular formula is C22H22N2O2S2. The highest BCUT2D eigenvalue weighted by Crippen LogP contribution is 2.32. The van der Waals surface area contributed by atoms with Crippen molar-refractivity contribution < 1.29 is 9.59 Å². The van der Waals surface area contributed by atoms with Crippen molar-refractivity contribution in [2.45, 2.75) is 33.1 Å². The standard InChI is InChI=1S/C22H22N2O2S2/c1-14-7-5-6-8-17(14)19(25)23-24-20(26)18(28-21(24)27)13-15-9-11-16(12-10-15)22(2,3)4/h5-13H,1-4H3,(H,23,25)/b18-13+. The predicted octanol–water partition coefficient (Wildman–Crippen LogP) is 4.84. The summed E-state index contributed by atoms with van der Waals surface area (Å²) in [7, 11) is 0. The largest absolute Gasteiger partial charge is 0.285 e. The smallest absolute Gasteiger partial charge is 0.267 e. The topological polar surface area (TPSA) is 49.4 Å². The molecule has 2 aromatic rings. The highest BCUT2D eigenvalue weighted by molar-refractivity contribution is 8.26. The van der Waals surface area contributed by atoms with Crippen LogP contribution in [0.1, 0.15) is 47.8 Å². The summed E-state index contributed by atoms with van der Waals surface area (Å²) in [6, 6.07) is 15.3. The molecule has 0 saturated carbocycles. The van der Waals surface area contributed by atoms with Crippen molar-refractivity contribution in [3.63, 3.8) is 0 Å². The molecule has 144 valence electrons. The first-order valence-electron chi connectivity index (χ1n) is 8.92. The molecule has 0 spiro atoms. The second-order valence-electron chi connectivity index (χ2n) is 7.64. The normalized spacial score (nSPS) is 16.0. The highest BCUT2D eigenvalue weighted by atomic mass is 32.2. The van der Waals surface area contributed by atoms with Crippen LogP contribution in [0.15, 0.2) is 53.4 Å². The van der Waals surface area contributed by atoms with Crippen molar-refractivity contribution in [2.24, 2.45) is 0 Å². The van der Waals surface area contributed by atoms with E-state index in [0.717, 1.165) is 16.1 Å². The predicted molar refractivity (Wildman–Crippen MR) is 119 cm³/mol. The minimum absolute atomic E-state index is 0.0712. The summed E-state index contributed by atoms with van der Waals surface area (Å²) in [5, 5.41) is 1.14. The fraction of sp³-hybridized carbons (Fsp3) is 0.227. The van der Waals surface area contributed by atoms with E-state index in [1.165, 1.54) is 17.3 Å². The van der Waals surface area contributed by atoms with E-state index in [-0.39, 0.29) is 17.2 Å². The lowest BCUT2D eigenvalue weighted by molar-refractivity contribution is -0.123. The fourth-order valence-corrected chi connectivity index (χ4v) is 3.96. The SMILES string of the molecule is Cc1ccccc1C(=O)NN1C(=O)/C(=C\c2ccc(C(C)(C)C)cc2)SC1=S. The quantitative estimate of drug-likeness (QED) is 0.581. The number of amides is 2. The van der Waals surface area contributed by atoms with Crippen molar-refractivity contribution in [2.75, 3.05) is 0 Å². The van der Waals surface area contributed by atoms with Crippen LogP contribution in [0, 0.1) is 6.92 Å². The first-order valence-corrected chi connectivity index (χ1v) is 10.1. The van der Waals surface area contributed by atoms with Crippen LogP contribution in [-0.2, 0) is 10.2 Å². The van der Waals surface area contributed by atoms with E-state index in [0.29, 0.717) is 14.8 Å². The van der Waals surface area contributed by atoms with E-state index >= 15 is 0 Å². The second-order valence-corrected chi connectivity index (χ2v) is 9.32. The Hall–Kier alpha value is -2.44. The van der Waals surface area contributed by atoms with Gasteiger partial charge in [-0.1, -0.05) is 75.0 Å². The number of rotatable bonds is 3. The zero-order chi connectivity index (χ0) is 20.5. The number of aryl methyl sites for hydroxylation is 1. The van der Waals surface area contributed by atoms with Gasteiger partial charge in [-0.3, -0.25) is 15.0 Å². The summed E-state index contributed by atoms with van der Waals surface area (Å²) < 4.78 is 0.310. The number of thiocarbonyl (C=S) groups is 1. The van der Waals surface area contributed by atoms with E-state index in [9.17, 15) is 9.59 Å². The van der Waals surface area contributed by atoms with Crippen LogP contribution in [0.3, 0.4) is 0 Å². The summed E-state index contributed by atoms with van der Waals surface area (Å²) in [5.41, 5.74) is 6.18. The summed E-state index contributed by atoms with van der Waals surface area (Å²) >= 11 is 6.48. The molecule has 2 amide bonds. The van der Waals surface area contributed by atoms with E-state index in [1.807, 2.05) is 31.2 Å². The first-order chi connectivity index (χ1) is 13.2. The van der Waals surface area contributed by atoms with Gasteiger partial charge >= 0.3 is 0 Å². The van der Waals surface area contributed by atoms with Gasteiger partial charge in [-0.2, -0.15) is 5.01 Å². The molecule has 0 radical (unpaired) electrons. The molecule has 1 fully saturated rings. The van der Waals surface area contributed by atoms with Crippen molar-refractivity contribution in [1.82, 2.24) is 10.4 Å². The lowest BCUT2D eigenvalue weighted by Gasteiger charge is -2.18. The van der Waals surface area contributed by atoms with Gasteiger partial charge in [0.2, 0.25) is 0 Å². The molecule has 1 saturated heterocycles. The number of hydrazine groups is 1.